The third-order valence-electron chi connectivity index (χ3n) is 10.9. The lowest BCUT2D eigenvalue weighted by atomic mass is 9.48. The molecule has 2 bridgehead atoms. The SMILES string of the molecule is CC(=O)Oc1ccc2c3c1O[C@H]1[C@@H](N(CC(C)C)C(=O)Cc4ccc(Cl)c(Cl)c4)CC[C@@]4(O)[C@@H](C2)N(CCc2ccccc2)CC[C@]314. The summed E-state index contributed by atoms with van der Waals surface area (Å²) in [6, 6.07) is 19.3. The first-order chi connectivity index (χ1) is 22.5. The van der Waals surface area contributed by atoms with E-state index in [1.165, 1.54) is 12.5 Å². The zero-order valence-electron chi connectivity index (χ0n) is 27.2. The minimum atomic E-state index is -1.08. The molecule has 1 saturated carbocycles. The Morgan fingerprint density at radius 1 is 1.06 bits per heavy atom. The van der Waals surface area contributed by atoms with Crippen molar-refractivity contribution in [2.24, 2.45) is 5.92 Å². The first-order valence-corrected chi connectivity index (χ1v) is 17.5. The number of carbonyl (C=O) groups excluding carboxylic acids is 2. The second-order valence-electron chi connectivity index (χ2n) is 14.2. The van der Waals surface area contributed by atoms with Crippen LogP contribution in [0.3, 0.4) is 0 Å². The minimum Gasteiger partial charge on any atom is -0.483 e. The van der Waals surface area contributed by atoms with E-state index in [0.717, 1.165) is 36.2 Å². The first-order valence-electron chi connectivity index (χ1n) is 16.8. The Labute approximate surface area is 286 Å². The minimum absolute atomic E-state index is 0.0171. The molecular formula is C38H42Cl2N2O5. The van der Waals surface area contributed by atoms with Gasteiger partial charge in [0.25, 0.3) is 0 Å². The molecule has 7 nitrogen and oxygen atoms in total. The van der Waals surface area contributed by atoms with Crippen LogP contribution in [0.25, 0.3) is 0 Å². The topological polar surface area (TPSA) is 79.3 Å². The van der Waals surface area contributed by atoms with Gasteiger partial charge in [-0.3, -0.25) is 14.5 Å². The molecule has 3 aromatic rings. The van der Waals surface area contributed by atoms with Gasteiger partial charge in [-0.15, -0.1) is 0 Å². The lowest BCUT2D eigenvalue weighted by Crippen LogP contribution is -2.78. The maximum Gasteiger partial charge on any atom is 0.308 e. The number of benzene rings is 3. The highest BCUT2D eigenvalue weighted by atomic mass is 35.5. The van der Waals surface area contributed by atoms with E-state index >= 15 is 0 Å². The first kappa shape index (κ1) is 32.4. The predicted molar refractivity (Wildman–Crippen MR) is 182 cm³/mol. The molecule has 1 spiro atoms. The van der Waals surface area contributed by atoms with Gasteiger partial charge in [0.1, 0.15) is 6.10 Å². The molecule has 1 saturated heterocycles. The van der Waals surface area contributed by atoms with Gasteiger partial charge >= 0.3 is 5.97 Å². The summed E-state index contributed by atoms with van der Waals surface area (Å²) >= 11 is 12.5. The summed E-state index contributed by atoms with van der Waals surface area (Å²) in [7, 11) is 0. The van der Waals surface area contributed by atoms with Gasteiger partial charge in [0.2, 0.25) is 5.91 Å². The molecule has 5 atom stereocenters. The molecule has 2 fully saturated rings. The van der Waals surface area contributed by atoms with Gasteiger partial charge < -0.3 is 19.5 Å². The van der Waals surface area contributed by atoms with E-state index in [1.54, 1.807) is 12.1 Å². The Kier molecular flexibility index (Phi) is 8.57. The number of esters is 1. The van der Waals surface area contributed by atoms with Crippen LogP contribution in [0.15, 0.2) is 60.7 Å². The summed E-state index contributed by atoms with van der Waals surface area (Å²) in [4.78, 5) is 30.9. The molecule has 3 aromatic carbocycles. The van der Waals surface area contributed by atoms with Crippen molar-refractivity contribution in [3.8, 4) is 11.5 Å². The number of ether oxygens (including phenoxy) is 2. The predicted octanol–water partition coefficient (Wildman–Crippen LogP) is 6.41. The number of rotatable bonds is 9. The third-order valence-corrected chi connectivity index (χ3v) is 11.7. The number of hydrogen-bond donors (Lipinski definition) is 1. The monoisotopic (exact) mass is 676 g/mol. The largest absolute Gasteiger partial charge is 0.483 e. The Bertz CT molecular complexity index is 1700. The smallest absolute Gasteiger partial charge is 0.308 e. The molecule has 0 aromatic heterocycles. The fraction of sp³-hybridized carbons (Fsp3) is 0.474. The molecule has 1 amide bonds. The van der Waals surface area contributed by atoms with Crippen molar-refractivity contribution in [2.45, 2.75) is 88.5 Å². The maximum atomic E-state index is 14.3. The average molecular weight is 678 g/mol. The normalized spacial score (nSPS) is 27.3. The van der Waals surface area contributed by atoms with Gasteiger partial charge in [-0.05, 0) is 79.5 Å². The van der Waals surface area contributed by atoms with E-state index in [2.05, 4.69) is 43.0 Å². The van der Waals surface area contributed by atoms with Crippen LogP contribution in [-0.2, 0) is 34.3 Å². The van der Waals surface area contributed by atoms with Crippen molar-refractivity contribution >= 4 is 35.1 Å². The Morgan fingerprint density at radius 2 is 1.85 bits per heavy atom. The summed E-state index contributed by atoms with van der Waals surface area (Å²) in [5.41, 5.74) is 2.33. The number of piperidine rings is 1. The summed E-state index contributed by atoms with van der Waals surface area (Å²) < 4.78 is 12.7. The van der Waals surface area contributed by atoms with Gasteiger partial charge in [-0.2, -0.15) is 0 Å². The van der Waals surface area contributed by atoms with Crippen LogP contribution in [-0.4, -0.2) is 70.2 Å². The van der Waals surface area contributed by atoms with Crippen molar-refractivity contribution in [1.82, 2.24) is 9.80 Å². The molecule has 1 N–H and O–H groups in total. The average Bonchev–Trinajstić information content (AvgIpc) is 3.38. The number of hydrogen-bond acceptors (Lipinski definition) is 6. The molecule has 2 aliphatic heterocycles. The Balaban J connectivity index is 1.28. The number of halogens is 2. The van der Waals surface area contributed by atoms with Crippen LogP contribution in [0.5, 0.6) is 11.5 Å². The Hall–Kier alpha value is -3.10. The van der Waals surface area contributed by atoms with Crippen LogP contribution in [0, 0.1) is 5.92 Å². The highest BCUT2D eigenvalue weighted by Crippen LogP contribution is 2.66. The highest BCUT2D eigenvalue weighted by Gasteiger charge is 2.73. The molecule has 2 heterocycles. The van der Waals surface area contributed by atoms with E-state index < -0.39 is 23.1 Å². The number of amides is 1. The number of likely N-dealkylation sites (tertiary alicyclic amines) is 1. The summed E-state index contributed by atoms with van der Waals surface area (Å²) in [5, 5.41) is 14.0. The second-order valence-corrected chi connectivity index (χ2v) is 15.0. The molecule has 9 heteroatoms. The molecule has 47 heavy (non-hydrogen) atoms. The van der Waals surface area contributed by atoms with E-state index in [-0.39, 0.29) is 30.3 Å². The fourth-order valence-corrected chi connectivity index (χ4v) is 9.40. The third kappa shape index (κ3) is 5.44. The molecule has 4 aliphatic rings. The van der Waals surface area contributed by atoms with Crippen molar-refractivity contribution in [3.05, 3.63) is 93.0 Å². The van der Waals surface area contributed by atoms with Gasteiger partial charge in [-0.1, -0.05) is 79.5 Å². The lowest BCUT2D eigenvalue weighted by molar-refractivity contribution is -0.201. The van der Waals surface area contributed by atoms with Gasteiger partial charge in [0.15, 0.2) is 11.5 Å². The number of nitrogens with zero attached hydrogens (tertiary/aromatic N) is 2. The molecule has 7 rings (SSSR count). The highest BCUT2D eigenvalue weighted by molar-refractivity contribution is 6.42. The van der Waals surface area contributed by atoms with Crippen LogP contribution in [0.1, 0.15) is 62.3 Å². The molecular weight excluding hydrogens is 635 g/mol. The van der Waals surface area contributed by atoms with E-state index in [1.807, 2.05) is 29.2 Å². The molecule has 0 unspecified atom stereocenters. The zero-order chi connectivity index (χ0) is 33.1. The molecule has 248 valence electrons. The quantitative estimate of drug-likeness (QED) is 0.208. The van der Waals surface area contributed by atoms with E-state index in [0.29, 0.717) is 53.8 Å². The van der Waals surface area contributed by atoms with E-state index in [9.17, 15) is 14.7 Å². The van der Waals surface area contributed by atoms with Gasteiger partial charge in [0, 0.05) is 31.6 Å². The maximum absolute atomic E-state index is 14.3. The standard InChI is InChI=1S/C38H42Cl2N2O5/c1-23(2)22-42(33(44)20-26-9-11-28(39)29(40)19-26)30-13-15-38(45)32-21-27-10-12-31(46-24(3)43)35-34(27)37(38,36(30)47-35)16-18-41(32)17-14-25-7-5-4-6-8-25/h4-12,19,23,30,32,36,45H,13-18,20-22H2,1-3H3/t30-,32+,36-,37-,38+/m0/s1. The summed E-state index contributed by atoms with van der Waals surface area (Å²) in [6.45, 7) is 7.80. The van der Waals surface area contributed by atoms with Crippen molar-refractivity contribution in [1.29, 1.82) is 0 Å². The van der Waals surface area contributed by atoms with Crippen LogP contribution >= 0.6 is 23.2 Å². The molecule has 0 radical (unpaired) electrons. The van der Waals surface area contributed by atoms with Crippen LogP contribution < -0.4 is 9.47 Å². The lowest BCUT2D eigenvalue weighted by Gasteiger charge is -2.65. The van der Waals surface area contributed by atoms with Crippen molar-refractivity contribution < 1.29 is 24.2 Å². The van der Waals surface area contributed by atoms with Crippen molar-refractivity contribution in [2.75, 3.05) is 19.6 Å². The second kappa shape index (κ2) is 12.4. The number of aliphatic hydroxyl groups is 1. The summed E-state index contributed by atoms with van der Waals surface area (Å²) in [5.74, 6) is 0.693. The van der Waals surface area contributed by atoms with Crippen LogP contribution in [0.2, 0.25) is 10.0 Å². The van der Waals surface area contributed by atoms with Crippen molar-refractivity contribution in [3.63, 3.8) is 0 Å². The Morgan fingerprint density at radius 3 is 2.57 bits per heavy atom. The summed E-state index contributed by atoms with van der Waals surface area (Å²) in [6.07, 6.45) is 3.07. The van der Waals surface area contributed by atoms with Crippen LogP contribution in [0.4, 0.5) is 0 Å². The van der Waals surface area contributed by atoms with Gasteiger partial charge in [-0.25, -0.2) is 0 Å². The molecule has 2 aliphatic carbocycles. The van der Waals surface area contributed by atoms with E-state index in [4.69, 9.17) is 32.7 Å². The van der Waals surface area contributed by atoms with Gasteiger partial charge in [0.05, 0.1) is 33.5 Å². The zero-order valence-corrected chi connectivity index (χ0v) is 28.7. The fourth-order valence-electron chi connectivity index (χ4n) is 9.08. The number of carbonyl (C=O) groups is 2.